The lowest BCUT2D eigenvalue weighted by atomic mass is 10.1. The number of likely N-dealkylation sites (N-methyl/N-ethyl adjacent to an activating group) is 2. The lowest BCUT2D eigenvalue weighted by Gasteiger charge is -2.34. The number of benzene rings is 3. The van der Waals surface area contributed by atoms with E-state index in [1.165, 1.54) is 7.11 Å². The predicted octanol–water partition coefficient (Wildman–Crippen LogP) is 4.67. The molecule has 0 unspecified atom stereocenters. The average Bonchev–Trinajstić information content (AvgIpc) is 3.60. The van der Waals surface area contributed by atoms with Crippen molar-refractivity contribution in [1.29, 1.82) is 0 Å². The van der Waals surface area contributed by atoms with E-state index in [2.05, 4.69) is 49.9 Å². The van der Waals surface area contributed by atoms with E-state index in [0.717, 1.165) is 87.8 Å². The number of hydrogen-bond donors (Lipinski definition) is 2. The minimum Gasteiger partial charge on any atom is -0.496 e. The monoisotopic (exact) mass is 736 g/mol. The molecule has 4 aromatic rings. The zero-order valence-electron chi connectivity index (χ0n) is 32.1. The highest BCUT2D eigenvalue weighted by molar-refractivity contribution is 6.11. The van der Waals surface area contributed by atoms with Gasteiger partial charge in [-0.2, -0.15) is 0 Å². The van der Waals surface area contributed by atoms with Gasteiger partial charge in [0.1, 0.15) is 28.8 Å². The number of amides is 2. The quantitative estimate of drug-likeness (QED) is 0.139. The van der Waals surface area contributed by atoms with E-state index in [4.69, 9.17) is 14.5 Å². The van der Waals surface area contributed by atoms with Crippen molar-refractivity contribution in [2.45, 2.75) is 32.7 Å². The van der Waals surface area contributed by atoms with E-state index in [0.29, 0.717) is 53.3 Å². The second kappa shape index (κ2) is 17.7. The molecule has 6 rings (SSSR count). The number of anilines is 2. The van der Waals surface area contributed by atoms with E-state index in [-0.39, 0.29) is 17.6 Å². The Kier molecular flexibility index (Phi) is 12.7. The maximum Gasteiger partial charge on any atom is 0.259 e. The Morgan fingerprint density at radius 2 is 1.67 bits per heavy atom. The number of unbranched alkanes of at least 4 members (excludes halogenated alkanes) is 1. The van der Waals surface area contributed by atoms with Gasteiger partial charge >= 0.3 is 0 Å². The number of carbonyl (C=O) groups excluding carboxylic acids is 3. The number of allylic oxidation sites excluding steroid dienone is 1. The summed E-state index contributed by atoms with van der Waals surface area (Å²) in [7, 11) is 7.40. The van der Waals surface area contributed by atoms with Crippen molar-refractivity contribution in [2.24, 2.45) is 0 Å². The van der Waals surface area contributed by atoms with E-state index < -0.39 is 0 Å². The van der Waals surface area contributed by atoms with Gasteiger partial charge < -0.3 is 39.4 Å². The van der Waals surface area contributed by atoms with Gasteiger partial charge in [0.15, 0.2) is 0 Å². The standard InChI is InChI=1S/C41H52N8O5/c1-29-12-15-35(37(25-29)54-24-7-6-9-31(28-50)49-22-18-46(3)19-23-49)47(4)41(52)30-13-14-32(36(26-30)53-5)40(51)43-34-11-8-10-33-39(34)44-38(42-33)27-48-20-16-45(2)17-21-48/h8,10-15,25-26H,6-7,9,16-24,27H2,1-5H3,(H,42,44)(H,43,51). The fraction of sp³-hybridized carbons (Fsp3) is 0.439. The number of rotatable bonds is 14. The highest BCUT2D eigenvalue weighted by Crippen LogP contribution is 2.32. The molecular weight excluding hydrogens is 685 g/mol. The number of para-hydroxylation sites is 1. The normalized spacial score (nSPS) is 15.5. The van der Waals surface area contributed by atoms with Crippen molar-refractivity contribution in [1.82, 2.24) is 29.6 Å². The first-order chi connectivity index (χ1) is 26.1. The number of piperazine rings is 2. The van der Waals surface area contributed by atoms with Crippen LogP contribution in [0.5, 0.6) is 11.5 Å². The Balaban J connectivity index is 1.08. The summed E-state index contributed by atoms with van der Waals surface area (Å²) in [5.74, 6) is 3.22. The van der Waals surface area contributed by atoms with Crippen LogP contribution in [0.15, 0.2) is 60.3 Å². The summed E-state index contributed by atoms with van der Waals surface area (Å²) in [5, 5.41) is 3.01. The number of methoxy groups -OCH3 is 1. The maximum atomic E-state index is 13.8. The predicted molar refractivity (Wildman–Crippen MR) is 211 cm³/mol. The maximum absolute atomic E-state index is 13.8. The third-order valence-electron chi connectivity index (χ3n) is 10.3. The highest BCUT2D eigenvalue weighted by atomic mass is 16.5. The Morgan fingerprint density at radius 3 is 2.39 bits per heavy atom. The minimum absolute atomic E-state index is 0.275. The summed E-state index contributed by atoms with van der Waals surface area (Å²) in [6, 6.07) is 16.2. The van der Waals surface area contributed by atoms with Crippen LogP contribution in [0.4, 0.5) is 11.4 Å². The molecule has 0 spiro atoms. The van der Waals surface area contributed by atoms with Crippen molar-refractivity contribution in [2.75, 3.05) is 97.4 Å². The fourth-order valence-electron chi connectivity index (χ4n) is 6.92. The number of hydrogen-bond acceptors (Lipinski definition) is 10. The molecule has 0 bridgehead atoms. The molecule has 1 aromatic heterocycles. The molecule has 0 atom stereocenters. The van der Waals surface area contributed by atoms with Gasteiger partial charge in [0, 0.05) is 65.0 Å². The number of imidazole rings is 1. The largest absolute Gasteiger partial charge is 0.496 e. The fourth-order valence-corrected chi connectivity index (χ4v) is 6.92. The molecule has 2 fully saturated rings. The molecule has 2 amide bonds. The van der Waals surface area contributed by atoms with Crippen LogP contribution in [0, 0.1) is 6.92 Å². The molecule has 54 heavy (non-hydrogen) atoms. The third-order valence-corrected chi connectivity index (χ3v) is 10.3. The Labute approximate surface area is 317 Å². The second-order valence-electron chi connectivity index (χ2n) is 14.3. The highest BCUT2D eigenvalue weighted by Gasteiger charge is 2.23. The first-order valence-corrected chi connectivity index (χ1v) is 18.7. The zero-order chi connectivity index (χ0) is 38.2. The minimum atomic E-state index is -0.371. The van der Waals surface area contributed by atoms with Crippen LogP contribution in [0.2, 0.25) is 0 Å². The smallest absolute Gasteiger partial charge is 0.259 e. The lowest BCUT2D eigenvalue weighted by molar-refractivity contribution is 0.0987. The summed E-state index contributed by atoms with van der Waals surface area (Å²) in [4.78, 5) is 58.0. The summed E-state index contributed by atoms with van der Waals surface area (Å²) in [6.07, 6.45) is 2.20. The molecular formula is C41H52N8O5. The van der Waals surface area contributed by atoms with Gasteiger partial charge in [-0.25, -0.2) is 9.78 Å². The molecule has 0 radical (unpaired) electrons. The van der Waals surface area contributed by atoms with Gasteiger partial charge in [0.25, 0.3) is 11.8 Å². The number of aryl methyl sites for hydroxylation is 1. The van der Waals surface area contributed by atoms with Gasteiger partial charge in [-0.15, -0.1) is 0 Å². The number of nitrogens with zero attached hydrogens (tertiary/aromatic N) is 6. The molecule has 0 aliphatic carbocycles. The molecule has 3 aromatic carbocycles. The van der Waals surface area contributed by atoms with Gasteiger partial charge in [0.05, 0.1) is 48.4 Å². The number of aromatic amines is 1. The number of H-pyrrole nitrogens is 1. The number of ether oxygens (including phenoxy) is 2. The molecule has 2 N–H and O–H groups in total. The number of nitrogens with one attached hydrogen (secondary N) is 2. The van der Waals surface area contributed by atoms with Crippen LogP contribution in [0.1, 0.15) is 51.4 Å². The molecule has 13 nitrogen and oxygen atoms in total. The van der Waals surface area contributed by atoms with Crippen molar-refractivity contribution >= 4 is 40.2 Å². The summed E-state index contributed by atoms with van der Waals surface area (Å²) in [6.45, 7) is 10.7. The Hall–Kier alpha value is -5.20. The molecule has 13 heteroatoms. The molecule has 2 saturated heterocycles. The van der Waals surface area contributed by atoms with Gasteiger partial charge in [-0.05, 0) is 88.3 Å². The summed E-state index contributed by atoms with van der Waals surface area (Å²) in [5.41, 5.74) is 5.12. The van der Waals surface area contributed by atoms with Crippen LogP contribution in [0.3, 0.4) is 0 Å². The van der Waals surface area contributed by atoms with Gasteiger partial charge in [-0.3, -0.25) is 14.5 Å². The lowest BCUT2D eigenvalue weighted by Crippen LogP contribution is -2.44. The van der Waals surface area contributed by atoms with Crippen LogP contribution >= 0.6 is 0 Å². The zero-order valence-corrected chi connectivity index (χ0v) is 32.1. The average molecular weight is 737 g/mol. The molecule has 286 valence electrons. The van der Waals surface area contributed by atoms with E-state index >= 15 is 0 Å². The van der Waals surface area contributed by atoms with Crippen LogP contribution in [0.25, 0.3) is 11.0 Å². The van der Waals surface area contributed by atoms with Crippen molar-refractivity contribution in [3.05, 3.63) is 82.8 Å². The Bertz CT molecular complexity index is 1990. The van der Waals surface area contributed by atoms with Crippen molar-refractivity contribution in [3.8, 4) is 11.5 Å². The third kappa shape index (κ3) is 9.29. The van der Waals surface area contributed by atoms with Crippen molar-refractivity contribution in [3.63, 3.8) is 0 Å². The van der Waals surface area contributed by atoms with Gasteiger partial charge in [0.2, 0.25) is 0 Å². The van der Waals surface area contributed by atoms with Crippen LogP contribution in [-0.2, 0) is 11.3 Å². The number of carbonyl (C=O) groups is 2. The van der Waals surface area contributed by atoms with E-state index in [1.807, 2.05) is 43.3 Å². The molecule has 0 saturated carbocycles. The van der Waals surface area contributed by atoms with Gasteiger partial charge in [-0.1, -0.05) is 12.1 Å². The molecule has 2 aliphatic rings. The summed E-state index contributed by atoms with van der Waals surface area (Å²) < 4.78 is 11.8. The van der Waals surface area contributed by atoms with Crippen molar-refractivity contribution < 1.29 is 23.9 Å². The van der Waals surface area contributed by atoms with Crippen LogP contribution in [-0.4, -0.2) is 135 Å². The first kappa shape index (κ1) is 38.5. The number of aromatic nitrogens is 2. The number of fused-ring (bicyclic) bond motifs is 1. The summed E-state index contributed by atoms with van der Waals surface area (Å²) >= 11 is 0. The van der Waals surface area contributed by atoms with E-state index in [1.54, 1.807) is 30.1 Å². The van der Waals surface area contributed by atoms with E-state index in [9.17, 15) is 14.4 Å². The Morgan fingerprint density at radius 1 is 0.926 bits per heavy atom. The molecule has 3 heterocycles. The first-order valence-electron chi connectivity index (χ1n) is 18.7. The second-order valence-corrected chi connectivity index (χ2v) is 14.3. The van der Waals surface area contributed by atoms with Crippen LogP contribution < -0.4 is 19.7 Å². The topological polar surface area (TPSA) is 127 Å². The SMILES string of the molecule is COc1cc(C(=O)N(C)c2ccc(C)cc2OCCCCC(=C=O)N2CCN(C)CC2)ccc1C(=O)Nc1cccc2[nH]c(CN3CCN(C)CC3)nc12. The molecule has 2 aliphatic heterocycles.